The number of amides is 1. The summed E-state index contributed by atoms with van der Waals surface area (Å²) in [6.45, 7) is -1.70. The first-order valence-corrected chi connectivity index (χ1v) is 8.05. The Morgan fingerprint density at radius 2 is 1.64 bits per heavy atom. The summed E-state index contributed by atoms with van der Waals surface area (Å²) in [6.07, 6.45) is -4.42. The lowest BCUT2D eigenvalue weighted by molar-refractivity contribution is -0.153. The van der Waals surface area contributed by atoms with Crippen LogP contribution in [0.3, 0.4) is 0 Å². The minimum absolute atomic E-state index is 0.0317. The summed E-state index contributed by atoms with van der Waals surface area (Å²) in [5, 5.41) is 3.26. The van der Waals surface area contributed by atoms with Crippen molar-refractivity contribution in [3.05, 3.63) is 65.0 Å². The van der Waals surface area contributed by atoms with Crippen LogP contribution in [-0.2, 0) is 4.79 Å². The summed E-state index contributed by atoms with van der Waals surface area (Å²) in [5.74, 6) is -0.101. The quantitative estimate of drug-likeness (QED) is 0.646. The van der Waals surface area contributed by atoms with E-state index in [1.165, 1.54) is 36.4 Å². The zero-order chi connectivity index (χ0) is 20.1. The molecule has 0 saturated carbocycles. The predicted molar refractivity (Wildman–Crippen MR) is 94.6 cm³/mol. The van der Waals surface area contributed by atoms with Crippen LogP contribution in [0, 0.1) is 0 Å². The molecule has 1 heterocycles. The predicted octanol–water partition coefficient (Wildman–Crippen LogP) is 3.75. The molecule has 0 fully saturated rings. The Morgan fingerprint density at radius 3 is 2.36 bits per heavy atom. The average Bonchev–Trinajstić information content (AvgIpc) is 2.65. The highest BCUT2D eigenvalue weighted by Crippen LogP contribution is 2.21. The van der Waals surface area contributed by atoms with Gasteiger partial charge >= 0.3 is 11.8 Å². The Kier molecular flexibility index (Phi) is 5.53. The monoisotopic (exact) mass is 393 g/mol. The van der Waals surface area contributed by atoms with Crippen LogP contribution in [0.2, 0.25) is 0 Å². The number of carbonyl (C=O) groups is 1. The molecule has 0 unspecified atom stereocenters. The topological polar surface area (TPSA) is 77.8 Å². The number of ether oxygens (including phenoxy) is 2. The number of fused-ring (bicyclic) bond motifs is 1. The fraction of sp³-hybridized carbons (Fsp3) is 0.158. The molecule has 1 aromatic heterocycles. The van der Waals surface area contributed by atoms with Gasteiger partial charge < -0.3 is 19.2 Å². The van der Waals surface area contributed by atoms with E-state index >= 15 is 0 Å². The van der Waals surface area contributed by atoms with Crippen molar-refractivity contribution in [1.29, 1.82) is 0 Å². The number of anilines is 1. The van der Waals surface area contributed by atoms with Crippen molar-refractivity contribution in [2.45, 2.75) is 6.18 Å². The standard InChI is InChI=1S/C19H14F3NO5/c20-19(21,22)11-27-14-6-3-13(4-7-14)23-17(24)10-26-15-5-1-12-2-8-18(25)28-16(12)9-15/h1-9H,10-11H2,(H,23,24). The zero-order valence-corrected chi connectivity index (χ0v) is 14.3. The molecule has 0 saturated heterocycles. The lowest BCUT2D eigenvalue weighted by Gasteiger charge is -2.10. The van der Waals surface area contributed by atoms with E-state index in [9.17, 15) is 22.8 Å². The molecular formula is C19H14F3NO5. The Balaban J connectivity index is 1.53. The summed E-state index contributed by atoms with van der Waals surface area (Å²) < 4.78 is 51.3. The average molecular weight is 393 g/mol. The maximum Gasteiger partial charge on any atom is 0.422 e. The summed E-state index contributed by atoms with van der Waals surface area (Å²) >= 11 is 0. The largest absolute Gasteiger partial charge is 0.484 e. The zero-order valence-electron chi connectivity index (χ0n) is 14.3. The van der Waals surface area contributed by atoms with Gasteiger partial charge in [0.2, 0.25) is 0 Å². The Hall–Kier alpha value is -3.49. The number of hydrogen-bond acceptors (Lipinski definition) is 5. The van der Waals surface area contributed by atoms with Crippen molar-refractivity contribution < 1.29 is 31.9 Å². The first-order valence-electron chi connectivity index (χ1n) is 8.05. The molecule has 3 rings (SSSR count). The van der Waals surface area contributed by atoms with E-state index < -0.39 is 24.3 Å². The van der Waals surface area contributed by atoms with Gasteiger partial charge in [0.05, 0.1) is 0 Å². The smallest absolute Gasteiger partial charge is 0.422 e. The molecule has 2 aromatic carbocycles. The van der Waals surface area contributed by atoms with Crippen LogP contribution < -0.4 is 20.4 Å². The number of hydrogen-bond donors (Lipinski definition) is 1. The van der Waals surface area contributed by atoms with Crippen LogP contribution in [0.5, 0.6) is 11.5 Å². The Labute approximate surface area is 156 Å². The number of halogens is 3. The molecule has 1 N–H and O–H groups in total. The summed E-state index contributed by atoms with van der Waals surface area (Å²) in [5.41, 5.74) is 0.211. The van der Waals surface area contributed by atoms with Gasteiger partial charge in [0.25, 0.3) is 5.91 Å². The van der Waals surface area contributed by atoms with Crippen LogP contribution in [0.15, 0.2) is 63.8 Å². The second-order valence-electron chi connectivity index (χ2n) is 5.72. The maximum absolute atomic E-state index is 12.1. The molecule has 0 atom stereocenters. The summed E-state index contributed by atoms with van der Waals surface area (Å²) in [6, 6.07) is 13.2. The molecule has 9 heteroatoms. The molecule has 0 spiro atoms. The van der Waals surface area contributed by atoms with E-state index in [-0.39, 0.29) is 12.4 Å². The molecule has 0 aliphatic carbocycles. The fourth-order valence-corrected chi connectivity index (χ4v) is 2.28. The van der Waals surface area contributed by atoms with Gasteiger partial charge in [-0.25, -0.2) is 4.79 Å². The first-order chi connectivity index (χ1) is 13.3. The Morgan fingerprint density at radius 1 is 0.964 bits per heavy atom. The highest BCUT2D eigenvalue weighted by molar-refractivity contribution is 5.92. The molecule has 6 nitrogen and oxygen atoms in total. The summed E-state index contributed by atoms with van der Waals surface area (Å²) in [4.78, 5) is 23.2. The van der Waals surface area contributed by atoms with Crippen molar-refractivity contribution >= 4 is 22.6 Å². The van der Waals surface area contributed by atoms with Crippen LogP contribution in [0.25, 0.3) is 11.0 Å². The number of rotatable bonds is 6. The highest BCUT2D eigenvalue weighted by atomic mass is 19.4. The van der Waals surface area contributed by atoms with Crippen molar-refractivity contribution in [3.63, 3.8) is 0 Å². The van der Waals surface area contributed by atoms with Gasteiger partial charge in [0.15, 0.2) is 13.2 Å². The molecule has 0 radical (unpaired) electrons. The lowest BCUT2D eigenvalue weighted by atomic mass is 10.2. The normalized spacial score (nSPS) is 11.2. The van der Waals surface area contributed by atoms with E-state index in [4.69, 9.17) is 9.15 Å². The van der Waals surface area contributed by atoms with Gasteiger partial charge in [-0.2, -0.15) is 13.2 Å². The van der Waals surface area contributed by atoms with Crippen LogP contribution in [0.4, 0.5) is 18.9 Å². The van der Waals surface area contributed by atoms with Crippen LogP contribution >= 0.6 is 0 Å². The maximum atomic E-state index is 12.1. The minimum atomic E-state index is -4.42. The van der Waals surface area contributed by atoms with Crippen LogP contribution in [0.1, 0.15) is 0 Å². The molecule has 1 amide bonds. The minimum Gasteiger partial charge on any atom is -0.484 e. The van der Waals surface area contributed by atoms with Crippen LogP contribution in [-0.4, -0.2) is 25.3 Å². The SMILES string of the molecule is O=C(COc1ccc2ccc(=O)oc2c1)Nc1ccc(OCC(F)(F)F)cc1. The van der Waals surface area contributed by atoms with Crippen molar-refractivity contribution in [1.82, 2.24) is 0 Å². The number of benzene rings is 2. The third-order valence-electron chi connectivity index (χ3n) is 3.51. The van der Waals surface area contributed by atoms with Crippen molar-refractivity contribution in [2.24, 2.45) is 0 Å². The van der Waals surface area contributed by atoms with Gasteiger partial charge in [-0.1, -0.05) is 0 Å². The van der Waals surface area contributed by atoms with Crippen molar-refractivity contribution in [3.8, 4) is 11.5 Å². The van der Waals surface area contributed by atoms with Crippen molar-refractivity contribution in [2.75, 3.05) is 18.5 Å². The molecule has 0 aliphatic rings. The van der Waals surface area contributed by atoms with Gasteiger partial charge in [-0.15, -0.1) is 0 Å². The van der Waals surface area contributed by atoms with Gasteiger partial charge in [-0.3, -0.25) is 4.79 Å². The Bertz CT molecular complexity index is 1030. The van der Waals surface area contributed by atoms with E-state index in [0.29, 0.717) is 22.4 Å². The third-order valence-corrected chi connectivity index (χ3v) is 3.51. The fourth-order valence-electron chi connectivity index (χ4n) is 2.28. The molecule has 0 aliphatic heterocycles. The highest BCUT2D eigenvalue weighted by Gasteiger charge is 2.28. The number of alkyl halides is 3. The number of nitrogens with one attached hydrogen (secondary N) is 1. The van der Waals surface area contributed by atoms with E-state index in [0.717, 1.165) is 0 Å². The van der Waals surface area contributed by atoms with Gasteiger partial charge in [0, 0.05) is 23.2 Å². The van der Waals surface area contributed by atoms with E-state index in [1.54, 1.807) is 18.2 Å². The third kappa shape index (κ3) is 5.50. The van der Waals surface area contributed by atoms with Gasteiger partial charge in [0.1, 0.15) is 17.1 Å². The second-order valence-corrected chi connectivity index (χ2v) is 5.72. The second kappa shape index (κ2) is 8.03. The van der Waals surface area contributed by atoms with E-state index in [1.807, 2.05) is 0 Å². The van der Waals surface area contributed by atoms with Gasteiger partial charge in [-0.05, 0) is 42.5 Å². The molecule has 0 bridgehead atoms. The summed E-state index contributed by atoms with van der Waals surface area (Å²) in [7, 11) is 0. The molecule has 146 valence electrons. The molecular weight excluding hydrogens is 379 g/mol. The molecule has 3 aromatic rings. The lowest BCUT2D eigenvalue weighted by Crippen LogP contribution is -2.20. The van der Waals surface area contributed by atoms with E-state index in [2.05, 4.69) is 10.1 Å². The number of carbonyl (C=O) groups excluding carboxylic acids is 1. The molecule has 28 heavy (non-hydrogen) atoms. The first kappa shape index (κ1) is 19.3.